The molecule has 0 aliphatic carbocycles. The maximum absolute atomic E-state index is 13.4. The van der Waals surface area contributed by atoms with E-state index in [1.165, 1.54) is 39.9 Å². The number of amides is 1. The molecule has 2 aromatic carbocycles. The summed E-state index contributed by atoms with van der Waals surface area (Å²) in [6.45, 7) is 7.46. The molecule has 3 rings (SSSR count). The molecule has 0 atom stereocenters. The van der Waals surface area contributed by atoms with E-state index in [0.29, 0.717) is 10.8 Å². The molecule has 30 heavy (non-hydrogen) atoms. The van der Waals surface area contributed by atoms with Gasteiger partial charge in [0.2, 0.25) is 0 Å². The molecule has 0 bridgehead atoms. The summed E-state index contributed by atoms with van der Waals surface area (Å²) in [5.74, 6) is -0.466. The second-order valence-electron chi connectivity index (χ2n) is 6.42. The van der Waals surface area contributed by atoms with Crippen molar-refractivity contribution in [3.63, 3.8) is 0 Å². The van der Waals surface area contributed by atoms with Crippen molar-refractivity contribution in [1.29, 1.82) is 0 Å². The Hall–Kier alpha value is -2.68. The maximum atomic E-state index is 13.4. The Morgan fingerprint density at radius 3 is 2.53 bits per heavy atom. The standard InChI is InChI=1S/C21H20ClN3O3S2/c1-4-12-25(17-8-6-5-7-9-17)30(27,28)19-13-16(10-11-18(19)22)20(26)24-21-23-14(2)15(3)29-21/h4-11,13H,1,12H2,2-3H3,(H,23,24,26). The zero-order chi connectivity index (χ0) is 21.9. The largest absolute Gasteiger partial charge is 0.298 e. The quantitative estimate of drug-likeness (QED) is 0.499. The first-order chi connectivity index (χ1) is 14.2. The van der Waals surface area contributed by atoms with Gasteiger partial charge in [-0.05, 0) is 44.2 Å². The minimum Gasteiger partial charge on any atom is -0.298 e. The number of nitrogens with one attached hydrogen (secondary N) is 1. The molecular formula is C21H20ClN3O3S2. The highest BCUT2D eigenvalue weighted by Gasteiger charge is 2.27. The lowest BCUT2D eigenvalue weighted by molar-refractivity contribution is 0.102. The predicted molar refractivity (Wildman–Crippen MR) is 122 cm³/mol. The molecule has 1 amide bonds. The molecule has 0 aliphatic rings. The molecule has 1 N–H and O–H groups in total. The Bertz CT molecular complexity index is 1170. The van der Waals surface area contributed by atoms with E-state index in [4.69, 9.17) is 11.6 Å². The smallest absolute Gasteiger partial charge is 0.266 e. The van der Waals surface area contributed by atoms with E-state index in [9.17, 15) is 13.2 Å². The maximum Gasteiger partial charge on any atom is 0.266 e. The molecule has 1 aromatic heterocycles. The molecular weight excluding hydrogens is 442 g/mol. The monoisotopic (exact) mass is 461 g/mol. The van der Waals surface area contributed by atoms with E-state index < -0.39 is 15.9 Å². The van der Waals surface area contributed by atoms with Gasteiger partial charge in [0.05, 0.1) is 22.9 Å². The number of aromatic nitrogens is 1. The average molecular weight is 462 g/mol. The normalized spacial score (nSPS) is 11.2. The molecule has 0 saturated carbocycles. The summed E-state index contributed by atoms with van der Waals surface area (Å²) >= 11 is 7.58. The van der Waals surface area contributed by atoms with Gasteiger partial charge in [0.25, 0.3) is 15.9 Å². The molecule has 0 spiro atoms. The number of para-hydroxylation sites is 1. The topological polar surface area (TPSA) is 79.4 Å². The zero-order valence-electron chi connectivity index (χ0n) is 16.4. The second-order valence-corrected chi connectivity index (χ2v) is 9.86. The van der Waals surface area contributed by atoms with Crippen LogP contribution in [0.25, 0.3) is 0 Å². The van der Waals surface area contributed by atoms with Gasteiger partial charge in [0.1, 0.15) is 4.90 Å². The summed E-state index contributed by atoms with van der Waals surface area (Å²) in [6.07, 6.45) is 1.49. The van der Waals surface area contributed by atoms with E-state index in [1.54, 1.807) is 30.3 Å². The average Bonchev–Trinajstić information content (AvgIpc) is 3.03. The SMILES string of the molecule is C=CCN(c1ccccc1)S(=O)(=O)c1cc(C(=O)Nc2nc(C)c(C)s2)ccc1Cl. The fraction of sp³-hybridized carbons (Fsp3) is 0.143. The van der Waals surface area contributed by atoms with Gasteiger partial charge in [-0.25, -0.2) is 13.4 Å². The Kier molecular flexibility index (Phi) is 6.60. The van der Waals surface area contributed by atoms with Crippen molar-refractivity contribution in [3.05, 3.63) is 82.3 Å². The molecule has 0 radical (unpaired) electrons. The van der Waals surface area contributed by atoms with Crippen LogP contribution in [0.1, 0.15) is 20.9 Å². The number of carbonyl (C=O) groups excluding carboxylic acids is 1. The fourth-order valence-corrected chi connectivity index (χ4v) is 5.46. The Morgan fingerprint density at radius 2 is 1.93 bits per heavy atom. The van der Waals surface area contributed by atoms with Crippen molar-refractivity contribution in [2.24, 2.45) is 0 Å². The number of sulfonamides is 1. The van der Waals surface area contributed by atoms with Gasteiger partial charge >= 0.3 is 0 Å². The lowest BCUT2D eigenvalue weighted by Crippen LogP contribution is -2.31. The van der Waals surface area contributed by atoms with Crippen molar-refractivity contribution in [3.8, 4) is 0 Å². The number of carbonyl (C=O) groups is 1. The third-order valence-electron chi connectivity index (χ3n) is 4.35. The van der Waals surface area contributed by atoms with E-state index in [-0.39, 0.29) is 22.0 Å². The van der Waals surface area contributed by atoms with Crippen LogP contribution in [-0.2, 0) is 10.0 Å². The minimum atomic E-state index is -4.04. The van der Waals surface area contributed by atoms with Crippen molar-refractivity contribution in [1.82, 2.24) is 4.98 Å². The lowest BCUT2D eigenvalue weighted by atomic mass is 10.2. The number of aryl methyl sites for hydroxylation is 2. The number of rotatable bonds is 7. The molecule has 0 fully saturated rings. The Balaban J connectivity index is 1.98. The summed E-state index contributed by atoms with van der Waals surface area (Å²) in [4.78, 5) is 17.8. The van der Waals surface area contributed by atoms with Crippen LogP contribution < -0.4 is 9.62 Å². The van der Waals surface area contributed by atoms with Crippen LogP contribution in [0.5, 0.6) is 0 Å². The fourth-order valence-electron chi connectivity index (χ4n) is 2.71. The molecule has 0 aliphatic heterocycles. The molecule has 156 valence electrons. The van der Waals surface area contributed by atoms with E-state index in [1.807, 2.05) is 13.8 Å². The number of thiazole rings is 1. The van der Waals surface area contributed by atoms with Crippen LogP contribution in [0.2, 0.25) is 5.02 Å². The van der Waals surface area contributed by atoms with Crippen LogP contribution in [0.15, 0.2) is 66.1 Å². The van der Waals surface area contributed by atoms with Crippen LogP contribution in [0.4, 0.5) is 10.8 Å². The van der Waals surface area contributed by atoms with Gasteiger partial charge in [0.15, 0.2) is 5.13 Å². The molecule has 0 saturated heterocycles. The van der Waals surface area contributed by atoms with Gasteiger partial charge in [-0.15, -0.1) is 17.9 Å². The number of benzene rings is 2. The van der Waals surface area contributed by atoms with Gasteiger partial charge < -0.3 is 0 Å². The van der Waals surface area contributed by atoms with E-state index in [0.717, 1.165) is 10.6 Å². The third kappa shape index (κ3) is 4.56. The summed E-state index contributed by atoms with van der Waals surface area (Å²) < 4.78 is 27.9. The summed E-state index contributed by atoms with van der Waals surface area (Å²) in [6, 6.07) is 12.8. The Morgan fingerprint density at radius 1 is 1.23 bits per heavy atom. The summed E-state index contributed by atoms with van der Waals surface area (Å²) in [5, 5.41) is 3.18. The third-order valence-corrected chi connectivity index (χ3v) is 7.61. The van der Waals surface area contributed by atoms with Gasteiger partial charge in [-0.3, -0.25) is 14.4 Å². The molecule has 6 nitrogen and oxygen atoms in total. The van der Waals surface area contributed by atoms with Crippen LogP contribution in [0, 0.1) is 13.8 Å². The number of hydrogen-bond donors (Lipinski definition) is 1. The predicted octanol–water partition coefficient (Wildman–Crippen LogP) is 5.05. The first-order valence-electron chi connectivity index (χ1n) is 8.97. The molecule has 1 heterocycles. The van der Waals surface area contributed by atoms with Gasteiger partial charge in [-0.2, -0.15) is 0 Å². The minimum absolute atomic E-state index is 0.0254. The first-order valence-corrected chi connectivity index (χ1v) is 11.6. The lowest BCUT2D eigenvalue weighted by Gasteiger charge is -2.24. The van der Waals surface area contributed by atoms with Crippen molar-refractivity contribution >= 4 is 49.7 Å². The number of halogens is 1. The summed E-state index contributed by atoms with van der Waals surface area (Å²) in [5.41, 5.74) is 1.46. The van der Waals surface area contributed by atoms with Gasteiger partial charge in [-0.1, -0.05) is 35.9 Å². The molecule has 9 heteroatoms. The highest BCUT2D eigenvalue weighted by molar-refractivity contribution is 7.93. The van der Waals surface area contributed by atoms with E-state index >= 15 is 0 Å². The van der Waals surface area contributed by atoms with Crippen molar-refractivity contribution in [2.75, 3.05) is 16.2 Å². The zero-order valence-corrected chi connectivity index (χ0v) is 18.8. The second kappa shape index (κ2) is 8.99. The van der Waals surface area contributed by atoms with Crippen LogP contribution >= 0.6 is 22.9 Å². The highest BCUT2D eigenvalue weighted by Crippen LogP contribution is 2.30. The van der Waals surface area contributed by atoms with E-state index in [2.05, 4.69) is 16.9 Å². The highest BCUT2D eigenvalue weighted by atomic mass is 35.5. The first kappa shape index (κ1) is 22.0. The van der Waals surface area contributed by atoms with Gasteiger partial charge in [0, 0.05) is 10.4 Å². The number of hydrogen-bond acceptors (Lipinski definition) is 5. The number of nitrogens with zero attached hydrogens (tertiary/aromatic N) is 2. The van der Waals surface area contributed by atoms with Crippen molar-refractivity contribution in [2.45, 2.75) is 18.7 Å². The number of anilines is 2. The molecule has 3 aromatic rings. The van der Waals surface area contributed by atoms with Crippen LogP contribution in [0.3, 0.4) is 0 Å². The molecule has 0 unspecified atom stereocenters. The van der Waals surface area contributed by atoms with Crippen molar-refractivity contribution < 1.29 is 13.2 Å². The Labute approximate surface area is 184 Å². The summed E-state index contributed by atoms with van der Waals surface area (Å²) in [7, 11) is -4.04. The van der Waals surface area contributed by atoms with Crippen LogP contribution in [-0.4, -0.2) is 25.9 Å².